The molecule has 1 N–H and O–H groups in total. The van der Waals surface area contributed by atoms with Crippen molar-refractivity contribution < 1.29 is 8.78 Å². The Morgan fingerprint density at radius 1 is 1.26 bits per heavy atom. The van der Waals surface area contributed by atoms with E-state index in [1.165, 1.54) is 12.1 Å². The molecule has 2 rings (SSSR count). The number of hydrogen-bond acceptors (Lipinski definition) is 2. The first-order valence-corrected chi connectivity index (χ1v) is 6.29. The topological polar surface area (TPSA) is 29.9 Å². The van der Waals surface area contributed by atoms with Crippen LogP contribution in [0.4, 0.5) is 8.78 Å². The standard InChI is InChI=1S/C14H17F2N3/c1-3-19-9-12(8-18-19)10(2)17-7-11-4-13(15)6-14(16)5-11/h4-6,8-10,17H,3,7H2,1-2H3/t10-/m1/s1. The van der Waals surface area contributed by atoms with Gasteiger partial charge < -0.3 is 5.32 Å². The number of nitrogens with zero attached hydrogens (tertiary/aromatic N) is 2. The number of benzene rings is 1. The van der Waals surface area contributed by atoms with E-state index in [-0.39, 0.29) is 6.04 Å². The van der Waals surface area contributed by atoms with Crippen LogP contribution in [0.5, 0.6) is 0 Å². The maximum atomic E-state index is 13.0. The van der Waals surface area contributed by atoms with Crippen LogP contribution in [0, 0.1) is 11.6 Å². The summed E-state index contributed by atoms with van der Waals surface area (Å²) >= 11 is 0. The maximum Gasteiger partial charge on any atom is 0.126 e. The van der Waals surface area contributed by atoms with E-state index in [0.717, 1.165) is 18.2 Å². The summed E-state index contributed by atoms with van der Waals surface area (Å²) in [4.78, 5) is 0. The molecule has 1 atom stereocenters. The lowest BCUT2D eigenvalue weighted by molar-refractivity contribution is 0.553. The Kier molecular flexibility index (Phi) is 4.27. The molecular weight excluding hydrogens is 248 g/mol. The first-order valence-electron chi connectivity index (χ1n) is 6.29. The van der Waals surface area contributed by atoms with Gasteiger partial charge in [0.05, 0.1) is 6.20 Å². The Morgan fingerprint density at radius 3 is 2.53 bits per heavy atom. The highest BCUT2D eigenvalue weighted by atomic mass is 19.1. The van der Waals surface area contributed by atoms with Crippen LogP contribution in [0.2, 0.25) is 0 Å². The molecule has 0 spiro atoms. The van der Waals surface area contributed by atoms with Crippen LogP contribution in [0.1, 0.15) is 31.0 Å². The van der Waals surface area contributed by atoms with Gasteiger partial charge >= 0.3 is 0 Å². The zero-order valence-electron chi connectivity index (χ0n) is 11.0. The van der Waals surface area contributed by atoms with E-state index in [9.17, 15) is 8.78 Å². The van der Waals surface area contributed by atoms with Crippen LogP contribution >= 0.6 is 0 Å². The van der Waals surface area contributed by atoms with Crippen molar-refractivity contribution in [3.05, 3.63) is 53.4 Å². The van der Waals surface area contributed by atoms with Gasteiger partial charge in [0.2, 0.25) is 0 Å². The summed E-state index contributed by atoms with van der Waals surface area (Å²) in [5.41, 5.74) is 1.64. The van der Waals surface area contributed by atoms with Crippen molar-refractivity contribution in [1.29, 1.82) is 0 Å². The second-order valence-electron chi connectivity index (χ2n) is 4.51. The quantitative estimate of drug-likeness (QED) is 0.900. The minimum atomic E-state index is -0.553. The molecule has 0 aliphatic rings. The fourth-order valence-electron chi connectivity index (χ4n) is 1.88. The number of halogens is 2. The van der Waals surface area contributed by atoms with Crippen molar-refractivity contribution in [2.75, 3.05) is 0 Å². The largest absolute Gasteiger partial charge is 0.306 e. The van der Waals surface area contributed by atoms with Gasteiger partial charge in [0.1, 0.15) is 11.6 Å². The third-order valence-corrected chi connectivity index (χ3v) is 3.01. The van der Waals surface area contributed by atoms with Crippen LogP contribution in [0.25, 0.3) is 0 Å². The molecule has 0 radical (unpaired) electrons. The molecule has 0 aliphatic carbocycles. The Hall–Kier alpha value is -1.75. The summed E-state index contributed by atoms with van der Waals surface area (Å²) in [6, 6.07) is 3.61. The lowest BCUT2D eigenvalue weighted by Gasteiger charge is -2.12. The van der Waals surface area contributed by atoms with Crippen molar-refractivity contribution >= 4 is 0 Å². The second kappa shape index (κ2) is 5.93. The van der Waals surface area contributed by atoms with E-state index in [0.29, 0.717) is 12.1 Å². The van der Waals surface area contributed by atoms with Crippen LogP contribution in [-0.2, 0) is 13.1 Å². The molecule has 1 heterocycles. The summed E-state index contributed by atoms with van der Waals surface area (Å²) in [6.07, 6.45) is 3.76. The van der Waals surface area contributed by atoms with Gasteiger partial charge in [-0.05, 0) is 31.5 Å². The second-order valence-corrected chi connectivity index (χ2v) is 4.51. The fourth-order valence-corrected chi connectivity index (χ4v) is 1.88. The van der Waals surface area contributed by atoms with Gasteiger partial charge in [-0.1, -0.05) is 0 Å². The number of nitrogens with one attached hydrogen (secondary N) is 1. The van der Waals surface area contributed by atoms with Crippen molar-refractivity contribution in [3.63, 3.8) is 0 Å². The van der Waals surface area contributed by atoms with Gasteiger partial charge in [0, 0.05) is 37.0 Å². The third kappa shape index (κ3) is 3.61. The zero-order valence-corrected chi connectivity index (χ0v) is 11.0. The average Bonchev–Trinajstić information content (AvgIpc) is 2.83. The summed E-state index contributed by atoms with van der Waals surface area (Å²) in [5.74, 6) is -1.11. The SMILES string of the molecule is CCn1cc([C@@H](C)NCc2cc(F)cc(F)c2)cn1. The summed E-state index contributed by atoms with van der Waals surface area (Å²) in [5, 5.41) is 7.42. The average molecular weight is 265 g/mol. The molecule has 0 unspecified atom stereocenters. The van der Waals surface area contributed by atoms with Gasteiger partial charge in [-0.2, -0.15) is 5.10 Å². The number of aryl methyl sites for hydroxylation is 1. The van der Waals surface area contributed by atoms with E-state index >= 15 is 0 Å². The lowest BCUT2D eigenvalue weighted by atomic mass is 10.1. The molecule has 0 fully saturated rings. The minimum absolute atomic E-state index is 0.0756. The van der Waals surface area contributed by atoms with Crippen molar-refractivity contribution in [1.82, 2.24) is 15.1 Å². The van der Waals surface area contributed by atoms with Crippen LogP contribution in [0.15, 0.2) is 30.6 Å². The van der Waals surface area contributed by atoms with Gasteiger partial charge in [0.15, 0.2) is 0 Å². The minimum Gasteiger partial charge on any atom is -0.306 e. The molecule has 0 bridgehead atoms. The van der Waals surface area contributed by atoms with E-state index < -0.39 is 11.6 Å². The van der Waals surface area contributed by atoms with E-state index in [1.807, 2.05) is 24.7 Å². The van der Waals surface area contributed by atoms with Crippen LogP contribution < -0.4 is 5.32 Å². The highest BCUT2D eigenvalue weighted by Gasteiger charge is 2.08. The van der Waals surface area contributed by atoms with Crippen molar-refractivity contribution in [2.45, 2.75) is 33.0 Å². The summed E-state index contributed by atoms with van der Waals surface area (Å²) in [7, 11) is 0. The number of aromatic nitrogens is 2. The predicted octanol–water partition coefficient (Wildman–Crippen LogP) is 3.03. The normalized spacial score (nSPS) is 12.6. The Labute approximate surface area is 111 Å². The van der Waals surface area contributed by atoms with Gasteiger partial charge in [0.25, 0.3) is 0 Å². The number of hydrogen-bond donors (Lipinski definition) is 1. The third-order valence-electron chi connectivity index (χ3n) is 3.01. The van der Waals surface area contributed by atoms with Crippen LogP contribution in [0.3, 0.4) is 0 Å². The maximum absolute atomic E-state index is 13.0. The van der Waals surface area contributed by atoms with Crippen LogP contribution in [-0.4, -0.2) is 9.78 Å². The molecule has 5 heteroatoms. The molecule has 0 saturated carbocycles. The molecule has 19 heavy (non-hydrogen) atoms. The first-order chi connectivity index (χ1) is 9.08. The fraction of sp³-hybridized carbons (Fsp3) is 0.357. The molecule has 0 aliphatic heterocycles. The molecule has 1 aromatic heterocycles. The van der Waals surface area contributed by atoms with E-state index in [1.54, 1.807) is 6.20 Å². The highest BCUT2D eigenvalue weighted by Crippen LogP contribution is 2.13. The van der Waals surface area contributed by atoms with E-state index in [2.05, 4.69) is 10.4 Å². The van der Waals surface area contributed by atoms with Gasteiger partial charge in [-0.15, -0.1) is 0 Å². The summed E-state index contributed by atoms with van der Waals surface area (Å²) in [6.45, 7) is 5.24. The molecule has 1 aromatic carbocycles. The Morgan fingerprint density at radius 2 is 1.95 bits per heavy atom. The molecular formula is C14H17F2N3. The molecule has 102 valence electrons. The Balaban J connectivity index is 1.97. The molecule has 3 nitrogen and oxygen atoms in total. The van der Waals surface area contributed by atoms with Crippen molar-refractivity contribution in [3.8, 4) is 0 Å². The lowest BCUT2D eigenvalue weighted by Crippen LogP contribution is -2.18. The number of rotatable bonds is 5. The highest BCUT2D eigenvalue weighted by molar-refractivity contribution is 5.18. The van der Waals surface area contributed by atoms with Crippen molar-refractivity contribution in [2.24, 2.45) is 0 Å². The van der Waals surface area contributed by atoms with Gasteiger partial charge in [-0.25, -0.2) is 8.78 Å². The van der Waals surface area contributed by atoms with Gasteiger partial charge in [-0.3, -0.25) is 4.68 Å². The Bertz CT molecular complexity index is 531. The molecule has 0 amide bonds. The predicted molar refractivity (Wildman–Crippen MR) is 69.5 cm³/mol. The van der Waals surface area contributed by atoms with E-state index in [4.69, 9.17) is 0 Å². The monoisotopic (exact) mass is 265 g/mol. The molecule has 2 aromatic rings. The first kappa shape index (κ1) is 13.7. The zero-order chi connectivity index (χ0) is 13.8. The summed E-state index contributed by atoms with van der Waals surface area (Å²) < 4.78 is 27.9. The molecule has 0 saturated heterocycles. The smallest absolute Gasteiger partial charge is 0.126 e.